The van der Waals surface area contributed by atoms with E-state index in [-0.39, 0.29) is 5.92 Å². The molecule has 4 heteroatoms. The lowest BCUT2D eigenvalue weighted by Crippen LogP contribution is -2.44. The van der Waals surface area contributed by atoms with E-state index in [1.54, 1.807) is 7.11 Å². The topological polar surface area (TPSA) is 50.7 Å². The van der Waals surface area contributed by atoms with Crippen LogP contribution in [0, 0.1) is 11.8 Å². The maximum Gasteiger partial charge on any atom is 0.125 e. The summed E-state index contributed by atoms with van der Waals surface area (Å²) in [5.41, 5.74) is 0.141. The molecule has 1 aliphatic carbocycles. The Morgan fingerprint density at radius 1 is 1.11 bits per heavy atom. The fraction of sp³-hybridized carbons (Fsp3) is 0.739. The molecule has 1 saturated heterocycles. The minimum absolute atomic E-state index is 0.227. The van der Waals surface area contributed by atoms with Crippen molar-refractivity contribution in [3.8, 4) is 5.75 Å². The van der Waals surface area contributed by atoms with Crippen LogP contribution in [0.25, 0.3) is 0 Å². The summed E-state index contributed by atoms with van der Waals surface area (Å²) in [6, 6.07) is 8.18. The summed E-state index contributed by atoms with van der Waals surface area (Å²) in [7, 11) is 1.74. The quantitative estimate of drug-likeness (QED) is 0.600. The number of aliphatic hydroxyl groups is 1. The van der Waals surface area contributed by atoms with E-state index in [0.717, 1.165) is 69.7 Å². The molecule has 1 aromatic rings. The summed E-state index contributed by atoms with van der Waals surface area (Å²) in [6.07, 6.45) is 10.1. The minimum Gasteiger partial charge on any atom is -0.493 e. The van der Waals surface area contributed by atoms with Gasteiger partial charge in [-0.1, -0.05) is 31.0 Å². The van der Waals surface area contributed by atoms with Crippen molar-refractivity contribution in [2.24, 2.45) is 11.8 Å². The molecule has 1 heterocycles. The van der Waals surface area contributed by atoms with Crippen molar-refractivity contribution in [2.75, 3.05) is 33.4 Å². The number of unbranched alkanes of at least 4 members (excludes halogenated alkanes) is 1. The van der Waals surface area contributed by atoms with E-state index < -0.39 is 5.60 Å². The van der Waals surface area contributed by atoms with Gasteiger partial charge >= 0.3 is 0 Å². The predicted molar refractivity (Wildman–Crippen MR) is 109 cm³/mol. The second-order valence-electron chi connectivity index (χ2n) is 8.38. The zero-order valence-electron chi connectivity index (χ0n) is 16.9. The van der Waals surface area contributed by atoms with Gasteiger partial charge in [-0.05, 0) is 63.5 Å². The lowest BCUT2D eigenvalue weighted by molar-refractivity contribution is -0.0454. The van der Waals surface area contributed by atoms with Gasteiger partial charge in [-0.2, -0.15) is 0 Å². The summed E-state index contributed by atoms with van der Waals surface area (Å²) in [6.45, 7) is 3.45. The van der Waals surface area contributed by atoms with Crippen LogP contribution < -0.4 is 10.1 Å². The Morgan fingerprint density at radius 2 is 1.93 bits per heavy atom. The number of methoxy groups -OCH3 is 1. The summed E-state index contributed by atoms with van der Waals surface area (Å²) in [5.74, 6) is 1.78. The molecule has 0 amide bonds. The minimum atomic E-state index is -0.840. The smallest absolute Gasteiger partial charge is 0.125 e. The normalized spacial score (nSPS) is 23.3. The molecule has 2 atom stereocenters. The highest BCUT2D eigenvalue weighted by atomic mass is 16.5. The average Bonchev–Trinajstić information content (AvgIpc) is 3.24. The number of benzene rings is 1. The van der Waals surface area contributed by atoms with E-state index in [9.17, 15) is 5.11 Å². The Bertz CT molecular complexity index is 552. The zero-order chi connectivity index (χ0) is 19.0. The molecule has 1 saturated carbocycles. The summed E-state index contributed by atoms with van der Waals surface area (Å²) in [4.78, 5) is 0. The van der Waals surface area contributed by atoms with Gasteiger partial charge in [-0.15, -0.1) is 0 Å². The largest absolute Gasteiger partial charge is 0.493 e. The van der Waals surface area contributed by atoms with Crippen molar-refractivity contribution in [3.05, 3.63) is 29.8 Å². The number of hydrogen-bond donors (Lipinski definition) is 2. The third-order valence-electron chi connectivity index (χ3n) is 6.43. The molecule has 2 N–H and O–H groups in total. The number of nitrogens with one attached hydrogen (secondary N) is 1. The maximum absolute atomic E-state index is 11.9. The molecule has 2 fully saturated rings. The summed E-state index contributed by atoms with van der Waals surface area (Å²) < 4.78 is 11.5. The van der Waals surface area contributed by atoms with Crippen LogP contribution in [0.1, 0.15) is 63.4 Å². The van der Waals surface area contributed by atoms with E-state index in [0.29, 0.717) is 5.92 Å². The standard InChI is InChI=1S/C23H37NO3/c1-26-16-7-6-14-23(25,20-11-8-15-24-17-20)21-12-4-5-13-22(21)27-18-19-9-2-3-10-19/h4-5,12-13,19-20,24-25H,2-3,6-11,14-18H2,1H3/t20-,23?/m1/s1. The van der Waals surface area contributed by atoms with Gasteiger partial charge in [0.25, 0.3) is 0 Å². The molecular weight excluding hydrogens is 338 g/mol. The first-order valence-corrected chi connectivity index (χ1v) is 10.9. The van der Waals surface area contributed by atoms with Crippen molar-refractivity contribution >= 4 is 0 Å². The lowest BCUT2D eigenvalue weighted by Gasteiger charge is -2.40. The van der Waals surface area contributed by atoms with Crippen molar-refractivity contribution in [2.45, 2.75) is 63.4 Å². The molecule has 1 aliphatic heterocycles. The third kappa shape index (κ3) is 5.46. The van der Waals surface area contributed by atoms with Crippen LogP contribution in [0.2, 0.25) is 0 Å². The number of hydrogen-bond acceptors (Lipinski definition) is 4. The van der Waals surface area contributed by atoms with Gasteiger partial charge < -0.3 is 19.9 Å². The first kappa shape index (κ1) is 20.6. The SMILES string of the molecule is COCCCCC(O)(c1ccccc1OCC1CCCC1)[C@@H]1CCCNC1. The van der Waals surface area contributed by atoms with Crippen LogP contribution in [0.3, 0.4) is 0 Å². The Hall–Kier alpha value is -1.10. The van der Waals surface area contributed by atoms with Crippen LogP contribution in [-0.2, 0) is 10.3 Å². The van der Waals surface area contributed by atoms with Gasteiger partial charge in [-0.25, -0.2) is 0 Å². The van der Waals surface area contributed by atoms with Crippen LogP contribution in [0.5, 0.6) is 5.75 Å². The summed E-state index contributed by atoms with van der Waals surface area (Å²) >= 11 is 0. The number of ether oxygens (including phenoxy) is 2. The highest BCUT2D eigenvalue weighted by Crippen LogP contribution is 2.42. The number of para-hydroxylation sites is 1. The van der Waals surface area contributed by atoms with E-state index in [1.807, 2.05) is 18.2 Å². The first-order valence-electron chi connectivity index (χ1n) is 10.9. The number of piperidine rings is 1. The fourth-order valence-corrected chi connectivity index (χ4v) is 4.79. The van der Waals surface area contributed by atoms with Crippen LogP contribution in [-0.4, -0.2) is 38.5 Å². The first-order chi connectivity index (χ1) is 13.2. The van der Waals surface area contributed by atoms with Crippen molar-refractivity contribution < 1.29 is 14.6 Å². The van der Waals surface area contributed by atoms with Gasteiger partial charge in [0.1, 0.15) is 5.75 Å². The molecule has 27 heavy (non-hydrogen) atoms. The summed E-state index contributed by atoms with van der Waals surface area (Å²) in [5, 5.41) is 15.4. The Balaban J connectivity index is 1.77. The molecule has 0 spiro atoms. The van der Waals surface area contributed by atoms with Crippen molar-refractivity contribution in [1.82, 2.24) is 5.32 Å². The molecule has 1 unspecified atom stereocenters. The van der Waals surface area contributed by atoms with Crippen LogP contribution >= 0.6 is 0 Å². The van der Waals surface area contributed by atoms with E-state index in [4.69, 9.17) is 9.47 Å². The molecule has 2 aliphatic rings. The molecule has 4 nitrogen and oxygen atoms in total. The Labute approximate surface area is 164 Å². The highest BCUT2D eigenvalue weighted by Gasteiger charge is 2.40. The van der Waals surface area contributed by atoms with Gasteiger partial charge in [0.2, 0.25) is 0 Å². The highest BCUT2D eigenvalue weighted by molar-refractivity contribution is 5.39. The van der Waals surface area contributed by atoms with E-state index in [2.05, 4.69) is 11.4 Å². The lowest BCUT2D eigenvalue weighted by atomic mass is 9.74. The van der Waals surface area contributed by atoms with Gasteiger partial charge in [0.15, 0.2) is 0 Å². The maximum atomic E-state index is 11.9. The molecule has 3 rings (SSSR count). The Morgan fingerprint density at radius 3 is 2.67 bits per heavy atom. The molecule has 152 valence electrons. The number of rotatable bonds is 10. The average molecular weight is 376 g/mol. The molecular formula is C23H37NO3. The van der Waals surface area contributed by atoms with Gasteiger partial charge in [0.05, 0.1) is 12.2 Å². The molecule has 0 aromatic heterocycles. The van der Waals surface area contributed by atoms with E-state index >= 15 is 0 Å². The molecule has 1 aromatic carbocycles. The predicted octanol–water partition coefficient (Wildman–Crippen LogP) is 4.26. The van der Waals surface area contributed by atoms with Crippen molar-refractivity contribution in [1.29, 1.82) is 0 Å². The fourth-order valence-electron chi connectivity index (χ4n) is 4.79. The third-order valence-corrected chi connectivity index (χ3v) is 6.43. The second kappa shape index (κ2) is 10.4. The molecule has 0 bridgehead atoms. The van der Waals surface area contributed by atoms with E-state index in [1.165, 1.54) is 25.7 Å². The van der Waals surface area contributed by atoms with Crippen LogP contribution in [0.15, 0.2) is 24.3 Å². The van der Waals surface area contributed by atoms with Gasteiger partial charge in [-0.3, -0.25) is 0 Å². The monoisotopic (exact) mass is 375 g/mol. The van der Waals surface area contributed by atoms with Gasteiger partial charge in [0, 0.05) is 31.7 Å². The second-order valence-corrected chi connectivity index (χ2v) is 8.38. The Kier molecular flexibility index (Phi) is 7.98. The van der Waals surface area contributed by atoms with Crippen LogP contribution in [0.4, 0.5) is 0 Å². The molecule has 0 radical (unpaired) electrons. The zero-order valence-corrected chi connectivity index (χ0v) is 16.9. The van der Waals surface area contributed by atoms with Crippen molar-refractivity contribution in [3.63, 3.8) is 0 Å².